The number of rotatable bonds is 3. The van der Waals surface area contributed by atoms with Crippen LogP contribution in [0.15, 0.2) is 23.2 Å². The number of guanidine groups is 1. The van der Waals surface area contributed by atoms with E-state index in [1.807, 2.05) is 0 Å². The Balaban J connectivity index is 2.53. The Morgan fingerprint density at radius 2 is 1.72 bits per heavy atom. The highest BCUT2D eigenvalue weighted by molar-refractivity contribution is 5.78. The summed E-state index contributed by atoms with van der Waals surface area (Å²) in [7, 11) is 0. The van der Waals surface area contributed by atoms with E-state index in [-0.39, 0.29) is 5.54 Å². The summed E-state index contributed by atoms with van der Waals surface area (Å²) < 4.78 is 0. The van der Waals surface area contributed by atoms with Crippen molar-refractivity contribution < 1.29 is 0 Å². The summed E-state index contributed by atoms with van der Waals surface area (Å²) >= 11 is 0. The van der Waals surface area contributed by atoms with Crippen LogP contribution in [0.1, 0.15) is 37.5 Å². The molecule has 0 aromatic heterocycles. The van der Waals surface area contributed by atoms with Gasteiger partial charge in [0.05, 0.1) is 0 Å². The molecule has 0 fully saturated rings. The zero-order valence-corrected chi connectivity index (χ0v) is 12.2. The Bertz CT molecular complexity index is 408. The molecule has 100 valence electrons. The van der Waals surface area contributed by atoms with Crippen LogP contribution in [0.25, 0.3) is 0 Å². The van der Waals surface area contributed by atoms with Gasteiger partial charge in [-0.3, -0.25) is 4.99 Å². The molecular weight excluding hydrogens is 222 g/mol. The zero-order valence-electron chi connectivity index (χ0n) is 12.2. The third kappa shape index (κ3) is 5.71. The molecule has 0 aliphatic carbocycles. The van der Waals surface area contributed by atoms with Crippen LogP contribution in [-0.4, -0.2) is 18.0 Å². The molecule has 0 saturated carbocycles. The van der Waals surface area contributed by atoms with Gasteiger partial charge in [-0.05, 0) is 46.6 Å². The van der Waals surface area contributed by atoms with Gasteiger partial charge in [0.15, 0.2) is 5.96 Å². The van der Waals surface area contributed by atoms with E-state index in [2.05, 4.69) is 63.1 Å². The Hall–Kier alpha value is -1.51. The predicted octanol–water partition coefficient (Wildman–Crippen LogP) is 2.55. The molecule has 1 rings (SSSR count). The van der Waals surface area contributed by atoms with Crippen LogP contribution < -0.4 is 11.1 Å². The number of nitrogens with two attached hydrogens (primary N) is 1. The van der Waals surface area contributed by atoms with Gasteiger partial charge in [-0.15, -0.1) is 0 Å². The summed E-state index contributed by atoms with van der Waals surface area (Å²) in [4.78, 5) is 4.35. The van der Waals surface area contributed by atoms with E-state index in [1.54, 1.807) is 0 Å². The molecule has 0 heterocycles. The molecule has 0 aliphatic rings. The van der Waals surface area contributed by atoms with E-state index in [4.69, 9.17) is 5.73 Å². The van der Waals surface area contributed by atoms with E-state index in [1.165, 1.54) is 16.7 Å². The number of nitrogens with one attached hydrogen (secondary N) is 1. The molecule has 0 atom stereocenters. The lowest BCUT2D eigenvalue weighted by molar-refractivity contribution is 0.508. The topological polar surface area (TPSA) is 50.4 Å². The van der Waals surface area contributed by atoms with Gasteiger partial charge in [0.1, 0.15) is 0 Å². The van der Waals surface area contributed by atoms with Gasteiger partial charge in [0, 0.05) is 12.1 Å². The quantitative estimate of drug-likeness (QED) is 0.637. The first kappa shape index (κ1) is 14.6. The van der Waals surface area contributed by atoms with Crippen molar-refractivity contribution in [3.05, 3.63) is 34.9 Å². The van der Waals surface area contributed by atoms with Crippen molar-refractivity contribution in [2.45, 2.75) is 46.6 Å². The van der Waals surface area contributed by atoms with Gasteiger partial charge in [0.2, 0.25) is 0 Å². The maximum Gasteiger partial charge on any atom is 0.188 e. The summed E-state index contributed by atoms with van der Waals surface area (Å²) in [5.41, 5.74) is 9.71. The molecule has 0 amide bonds. The largest absolute Gasteiger partial charge is 0.370 e. The molecule has 0 aliphatic heterocycles. The van der Waals surface area contributed by atoms with Crippen LogP contribution in [0.3, 0.4) is 0 Å². The van der Waals surface area contributed by atoms with Gasteiger partial charge in [-0.2, -0.15) is 0 Å². The van der Waals surface area contributed by atoms with E-state index in [0.717, 1.165) is 13.0 Å². The summed E-state index contributed by atoms with van der Waals surface area (Å²) in [5.74, 6) is 0.520. The van der Waals surface area contributed by atoms with Crippen molar-refractivity contribution in [3.63, 3.8) is 0 Å². The van der Waals surface area contributed by atoms with Crippen LogP contribution in [0.5, 0.6) is 0 Å². The number of aliphatic imine (C=N–C) groups is 1. The molecule has 0 unspecified atom stereocenters. The normalized spacial score (nSPS) is 12.6. The average Bonchev–Trinajstić information content (AvgIpc) is 2.12. The lowest BCUT2D eigenvalue weighted by atomic mass is 10.1. The second-order valence-corrected chi connectivity index (χ2v) is 5.89. The lowest BCUT2D eigenvalue weighted by Gasteiger charge is -2.20. The maximum atomic E-state index is 5.82. The summed E-state index contributed by atoms with van der Waals surface area (Å²) in [6, 6.07) is 6.59. The molecule has 18 heavy (non-hydrogen) atoms. The standard InChI is InChI=1S/C15H25N3/c1-11-8-12(2)10-13(9-11)6-7-17-14(16)18-15(3,4)5/h8-10H,6-7H2,1-5H3,(H3,16,17,18). The molecule has 3 N–H and O–H groups in total. The molecule has 0 saturated heterocycles. The first-order chi connectivity index (χ1) is 8.26. The van der Waals surface area contributed by atoms with Gasteiger partial charge in [-0.25, -0.2) is 0 Å². The van der Waals surface area contributed by atoms with E-state index < -0.39 is 0 Å². The predicted molar refractivity (Wildman–Crippen MR) is 79.0 cm³/mol. The maximum absolute atomic E-state index is 5.82. The fourth-order valence-corrected chi connectivity index (χ4v) is 1.94. The minimum Gasteiger partial charge on any atom is -0.370 e. The van der Waals surface area contributed by atoms with E-state index in [9.17, 15) is 0 Å². The SMILES string of the molecule is Cc1cc(C)cc(CCN=C(N)NC(C)(C)C)c1. The zero-order chi connectivity index (χ0) is 13.8. The van der Waals surface area contributed by atoms with Gasteiger partial charge in [-0.1, -0.05) is 29.3 Å². The summed E-state index contributed by atoms with van der Waals surface area (Å²) in [6.45, 7) is 11.2. The van der Waals surface area contributed by atoms with Crippen LogP contribution in [0.4, 0.5) is 0 Å². The Morgan fingerprint density at radius 1 is 1.17 bits per heavy atom. The molecule has 3 nitrogen and oxygen atoms in total. The van der Waals surface area contributed by atoms with Crippen LogP contribution in [0, 0.1) is 13.8 Å². The Kier molecular flexibility index (Phi) is 4.76. The van der Waals surface area contributed by atoms with Gasteiger partial charge in [0.25, 0.3) is 0 Å². The molecule has 0 radical (unpaired) electrons. The summed E-state index contributed by atoms with van der Waals surface area (Å²) in [6.07, 6.45) is 0.926. The highest BCUT2D eigenvalue weighted by atomic mass is 15.1. The molecule has 1 aromatic carbocycles. The van der Waals surface area contributed by atoms with Crippen molar-refractivity contribution in [3.8, 4) is 0 Å². The number of hydrogen-bond donors (Lipinski definition) is 2. The van der Waals surface area contributed by atoms with E-state index >= 15 is 0 Å². The van der Waals surface area contributed by atoms with Crippen molar-refractivity contribution >= 4 is 5.96 Å². The third-order valence-electron chi connectivity index (χ3n) is 2.47. The minimum absolute atomic E-state index is 0.0342. The van der Waals surface area contributed by atoms with Crippen LogP contribution in [-0.2, 0) is 6.42 Å². The fourth-order valence-electron chi connectivity index (χ4n) is 1.94. The number of benzene rings is 1. The number of nitrogens with zero attached hydrogens (tertiary/aromatic N) is 1. The molecule has 3 heteroatoms. The highest BCUT2D eigenvalue weighted by Gasteiger charge is 2.09. The minimum atomic E-state index is -0.0342. The smallest absolute Gasteiger partial charge is 0.188 e. The first-order valence-corrected chi connectivity index (χ1v) is 6.41. The van der Waals surface area contributed by atoms with Crippen LogP contribution in [0.2, 0.25) is 0 Å². The van der Waals surface area contributed by atoms with Crippen molar-refractivity contribution in [1.82, 2.24) is 5.32 Å². The van der Waals surface area contributed by atoms with Crippen molar-refractivity contribution in [2.75, 3.05) is 6.54 Å². The number of aryl methyl sites for hydroxylation is 2. The van der Waals surface area contributed by atoms with Crippen molar-refractivity contribution in [1.29, 1.82) is 0 Å². The molecular formula is C15H25N3. The lowest BCUT2D eigenvalue weighted by Crippen LogP contribution is -2.45. The van der Waals surface area contributed by atoms with Gasteiger partial charge >= 0.3 is 0 Å². The first-order valence-electron chi connectivity index (χ1n) is 6.41. The highest BCUT2D eigenvalue weighted by Crippen LogP contribution is 2.09. The second kappa shape index (κ2) is 5.89. The monoisotopic (exact) mass is 247 g/mol. The van der Waals surface area contributed by atoms with Crippen LogP contribution >= 0.6 is 0 Å². The van der Waals surface area contributed by atoms with Gasteiger partial charge < -0.3 is 11.1 Å². The molecule has 1 aromatic rings. The third-order valence-corrected chi connectivity index (χ3v) is 2.47. The molecule has 0 bridgehead atoms. The van der Waals surface area contributed by atoms with Crippen molar-refractivity contribution in [2.24, 2.45) is 10.7 Å². The number of hydrogen-bond acceptors (Lipinski definition) is 1. The molecule has 0 spiro atoms. The average molecular weight is 247 g/mol. The fraction of sp³-hybridized carbons (Fsp3) is 0.533. The summed E-state index contributed by atoms with van der Waals surface area (Å²) in [5, 5.41) is 3.16. The van der Waals surface area contributed by atoms with E-state index in [0.29, 0.717) is 5.96 Å². The second-order valence-electron chi connectivity index (χ2n) is 5.89. The Morgan fingerprint density at radius 3 is 2.22 bits per heavy atom. The Labute approximate surface area is 111 Å².